The average molecular weight is 292 g/mol. The highest BCUT2D eigenvalue weighted by molar-refractivity contribution is 7.80. The summed E-state index contributed by atoms with van der Waals surface area (Å²) in [5.41, 5.74) is 8.47. The first-order valence-corrected chi connectivity index (χ1v) is 6.61. The number of nitrogens with two attached hydrogens (primary N) is 1. The minimum Gasteiger partial charge on any atom is -0.455 e. The van der Waals surface area contributed by atoms with Gasteiger partial charge in [0.2, 0.25) is 0 Å². The fraction of sp³-hybridized carbons (Fsp3) is 0.133. The van der Waals surface area contributed by atoms with E-state index in [1.54, 1.807) is 0 Å². The lowest BCUT2D eigenvalue weighted by Crippen LogP contribution is -2.11. The van der Waals surface area contributed by atoms with Gasteiger partial charge in [0.1, 0.15) is 16.5 Å². The van der Waals surface area contributed by atoms with E-state index in [0.717, 1.165) is 11.1 Å². The Morgan fingerprint density at radius 3 is 2.58 bits per heavy atom. The highest BCUT2D eigenvalue weighted by Crippen LogP contribution is 2.33. The van der Waals surface area contributed by atoms with Gasteiger partial charge in [-0.15, -0.1) is 0 Å². The van der Waals surface area contributed by atoms with Crippen LogP contribution in [0.15, 0.2) is 36.4 Å². The number of aryl methyl sites for hydroxylation is 2. The van der Waals surface area contributed by atoms with Gasteiger partial charge in [-0.2, -0.15) is 0 Å². The molecule has 98 valence electrons. The summed E-state index contributed by atoms with van der Waals surface area (Å²) in [6.45, 7) is 3.92. The van der Waals surface area contributed by atoms with Crippen molar-refractivity contribution < 1.29 is 4.74 Å². The smallest absolute Gasteiger partial charge is 0.146 e. The van der Waals surface area contributed by atoms with Crippen molar-refractivity contribution in [1.29, 1.82) is 0 Å². The molecular weight excluding hydrogens is 278 g/mol. The molecule has 2 rings (SSSR count). The summed E-state index contributed by atoms with van der Waals surface area (Å²) in [6, 6.07) is 11.3. The van der Waals surface area contributed by atoms with Crippen molar-refractivity contribution in [2.45, 2.75) is 13.8 Å². The molecule has 0 aliphatic rings. The summed E-state index contributed by atoms with van der Waals surface area (Å²) < 4.78 is 5.89. The minimum absolute atomic E-state index is 0.307. The van der Waals surface area contributed by atoms with Crippen LogP contribution in [0.3, 0.4) is 0 Å². The zero-order chi connectivity index (χ0) is 14.0. The molecule has 2 aromatic carbocycles. The maximum Gasteiger partial charge on any atom is 0.146 e. The SMILES string of the molecule is Cc1ccc(Oc2c(C)cccc2C(N)=S)c(Cl)c1. The number of benzene rings is 2. The molecule has 0 spiro atoms. The van der Waals surface area contributed by atoms with E-state index in [4.69, 9.17) is 34.3 Å². The average Bonchev–Trinajstić information content (AvgIpc) is 2.34. The largest absolute Gasteiger partial charge is 0.455 e. The van der Waals surface area contributed by atoms with Crippen molar-refractivity contribution in [2.24, 2.45) is 5.73 Å². The van der Waals surface area contributed by atoms with Crippen LogP contribution >= 0.6 is 23.8 Å². The molecule has 0 amide bonds. The van der Waals surface area contributed by atoms with Gasteiger partial charge in [-0.25, -0.2) is 0 Å². The Kier molecular flexibility index (Phi) is 4.08. The van der Waals surface area contributed by atoms with Crippen LogP contribution < -0.4 is 10.5 Å². The number of rotatable bonds is 3. The summed E-state index contributed by atoms with van der Waals surface area (Å²) in [6.07, 6.45) is 0. The van der Waals surface area contributed by atoms with Gasteiger partial charge < -0.3 is 10.5 Å². The molecule has 0 saturated carbocycles. The van der Waals surface area contributed by atoms with Crippen molar-refractivity contribution in [3.05, 3.63) is 58.1 Å². The van der Waals surface area contributed by atoms with Crippen LogP contribution in [0.1, 0.15) is 16.7 Å². The summed E-state index contributed by atoms with van der Waals surface area (Å²) >= 11 is 11.2. The van der Waals surface area contributed by atoms with Crippen LogP contribution in [-0.2, 0) is 0 Å². The van der Waals surface area contributed by atoms with E-state index in [1.165, 1.54) is 0 Å². The van der Waals surface area contributed by atoms with Gasteiger partial charge in [-0.05, 0) is 43.2 Å². The Bertz CT molecular complexity index is 640. The van der Waals surface area contributed by atoms with E-state index in [-0.39, 0.29) is 0 Å². The Hall–Kier alpha value is -1.58. The Labute approximate surface area is 123 Å². The van der Waals surface area contributed by atoms with E-state index < -0.39 is 0 Å². The molecule has 0 unspecified atom stereocenters. The van der Waals surface area contributed by atoms with Crippen LogP contribution in [-0.4, -0.2) is 4.99 Å². The van der Waals surface area contributed by atoms with Gasteiger partial charge in [0, 0.05) is 0 Å². The van der Waals surface area contributed by atoms with Crippen LogP contribution in [0.2, 0.25) is 5.02 Å². The highest BCUT2D eigenvalue weighted by Gasteiger charge is 2.12. The molecule has 19 heavy (non-hydrogen) atoms. The van der Waals surface area contributed by atoms with E-state index in [9.17, 15) is 0 Å². The first-order valence-electron chi connectivity index (χ1n) is 5.82. The molecule has 4 heteroatoms. The van der Waals surface area contributed by atoms with Gasteiger partial charge in [0.05, 0.1) is 10.6 Å². The Morgan fingerprint density at radius 2 is 1.95 bits per heavy atom. The summed E-state index contributed by atoms with van der Waals surface area (Å²) in [5, 5.41) is 0.567. The third-order valence-electron chi connectivity index (χ3n) is 2.78. The van der Waals surface area contributed by atoms with Crippen molar-refractivity contribution in [3.63, 3.8) is 0 Å². The maximum atomic E-state index is 6.17. The summed E-state index contributed by atoms with van der Waals surface area (Å²) in [7, 11) is 0. The number of thiocarbonyl (C=S) groups is 1. The summed E-state index contributed by atoms with van der Waals surface area (Å²) in [4.78, 5) is 0.307. The first kappa shape index (κ1) is 13.8. The molecule has 0 bridgehead atoms. The monoisotopic (exact) mass is 291 g/mol. The molecule has 0 atom stereocenters. The molecule has 0 heterocycles. The van der Waals surface area contributed by atoms with Crippen LogP contribution in [0, 0.1) is 13.8 Å². The quantitative estimate of drug-likeness (QED) is 0.852. The van der Waals surface area contributed by atoms with Gasteiger partial charge >= 0.3 is 0 Å². The van der Waals surface area contributed by atoms with Crippen molar-refractivity contribution in [3.8, 4) is 11.5 Å². The van der Waals surface area contributed by atoms with E-state index in [1.807, 2.05) is 50.2 Å². The number of halogens is 1. The topological polar surface area (TPSA) is 35.2 Å². The molecule has 2 aromatic rings. The Balaban J connectivity index is 2.46. The van der Waals surface area contributed by atoms with Crippen molar-refractivity contribution in [1.82, 2.24) is 0 Å². The predicted molar refractivity (Wildman–Crippen MR) is 83.3 cm³/mol. The molecule has 0 saturated heterocycles. The fourth-order valence-electron chi connectivity index (χ4n) is 1.78. The second-order valence-corrected chi connectivity index (χ2v) is 5.20. The molecule has 0 aliphatic heterocycles. The zero-order valence-corrected chi connectivity index (χ0v) is 12.3. The van der Waals surface area contributed by atoms with E-state index >= 15 is 0 Å². The van der Waals surface area contributed by atoms with E-state index in [0.29, 0.717) is 27.1 Å². The molecule has 2 N–H and O–H groups in total. The lowest BCUT2D eigenvalue weighted by atomic mass is 10.1. The first-order chi connectivity index (χ1) is 8.99. The number of hydrogen-bond donors (Lipinski definition) is 1. The normalized spacial score (nSPS) is 10.3. The maximum absolute atomic E-state index is 6.17. The number of hydrogen-bond acceptors (Lipinski definition) is 2. The van der Waals surface area contributed by atoms with Gasteiger partial charge in [0.15, 0.2) is 0 Å². The molecule has 0 fully saturated rings. The number of ether oxygens (including phenoxy) is 1. The van der Waals surface area contributed by atoms with Crippen molar-refractivity contribution >= 4 is 28.8 Å². The predicted octanol–water partition coefficient (Wildman–Crippen LogP) is 4.38. The zero-order valence-electron chi connectivity index (χ0n) is 10.7. The van der Waals surface area contributed by atoms with Gasteiger partial charge in [-0.3, -0.25) is 0 Å². The second kappa shape index (κ2) is 5.59. The lowest BCUT2D eigenvalue weighted by Gasteiger charge is -2.14. The van der Waals surface area contributed by atoms with Crippen molar-refractivity contribution in [2.75, 3.05) is 0 Å². The standard InChI is InChI=1S/C15H14ClNOS/c1-9-6-7-13(12(16)8-9)18-14-10(2)4-3-5-11(14)15(17)19/h3-8H,1-2H3,(H2,17,19). The summed E-state index contributed by atoms with van der Waals surface area (Å²) in [5.74, 6) is 1.25. The van der Waals surface area contributed by atoms with Crippen LogP contribution in [0.25, 0.3) is 0 Å². The molecule has 2 nitrogen and oxygen atoms in total. The third-order valence-corrected chi connectivity index (χ3v) is 3.29. The van der Waals surface area contributed by atoms with Gasteiger partial charge in [-0.1, -0.05) is 42.0 Å². The third kappa shape index (κ3) is 3.06. The molecule has 0 aromatic heterocycles. The number of para-hydroxylation sites is 1. The molecule has 0 radical (unpaired) electrons. The second-order valence-electron chi connectivity index (χ2n) is 4.35. The van der Waals surface area contributed by atoms with Gasteiger partial charge in [0.25, 0.3) is 0 Å². The molecular formula is C15H14ClNOS. The molecule has 0 aliphatic carbocycles. The fourth-order valence-corrected chi connectivity index (χ4v) is 2.21. The van der Waals surface area contributed by atoms with Crippen LogP contribution in [0.5, 0.6) is 11.5 Å². The van der Waals surface area contributed by atoms with E-state index in [2.05, 4.69) is 0 Å². The lowest BCUT2D eigenvalue weighted by molar-refractivity contribution is 0.478. The van der Waals surface area contributed by atoms with Crippen LogP contribution in [0.4, 0.5) is 0 Å². The Morgan fingerprint density at radius 1 is 1.21 bits per heavy atom. The minimum atomic E-state index is 0.307. The highest BCUT2D eigenvalue weighted by atomic mass is 35.5.